The first kappa shape index (κ1) is 13.5. The molecule has 1 unspecified atom stereocenters. The van der Waals surface area contributed by atoms with Gasteiger partial charge in [0.15, 0.2) is 0 Å². The average molecular weight is 263 g/mol. The summed E-state index contributed by atoms with van der Waals surface area (Å²) in [5.74, 6) is 0.891. The van der Waals surface area contributed by atoms with Gasteiger partial charge in [-0.05, 0) is 31.4 Å². The van der Waals surface area contributed by atoms with Gasteiger partial charge in [-0.25, -0.2) is 9.97 Å². The van der Waals surface area contributed by atoms with Crippen molar-refractivity contribution in [3.05, 3.63) is 17.0 Å². The third kappa shape index (κ3) is 3.20. The van der Waals surface area contributed by atoms with Gasteiger partial charge in [0.2, 0.25) is 5.28 Å². The van der Waals surface area contributed by atoms with Gasteiger partial charge in [0.25, 0.3) is 0 Å². The molecule has 4 nitrogen and oxygen atoms in total. The maximum atomic E-state index is 5.92. The van der Waals surface area contributed by atoms with E-state index >= 15 is 0 Å². The molecule has 1 fully saturated rings. The van der Waals surface area contributed by atoms with Crippen LogP contribution in [0.25, 0.3) is 0 Å². The zero-order chi connectivity index (χ0) is 10.8. The summed E-state index contributed by atoms with van der Waals surface area (Å²) in [5.41, 5.74) is 6.81. The molecule has 1 aromatic heterocycles. The van der Waals surface area contributed by atoms with Gasteiger partial charge in [0, 0.05) is 30.9 Å². The van der Waals surface area contributed by atoms with Crippen LogP contribution in [0.2, 0.25) is 5.28 Å². The number of rotatable bonds is 1. The van der Waals surface area contributed by atoms with Crippen LogP contribution in [0.5, 0.6) is 0 Å². The maximum absolute atomic E-state index is 5.92. The number of nitrogens with two attached hydrogens (primary N) is 1. The Morgan fingerprint density at radius 1 is 1.50 bits per heavy atom. The van der Waals surface area contributed by atoms with Gasteiger partial charge in [-0.3, -0.25) is 0 Å². The fourth-order valence-electron chi connectivity index (χ4n) is 1.90. The molecule has 0 saturated carbocycles. The summed E-state index contributed by atoms with van der Waals surface area (Å²) in [6.07, 6.45) is 2.20. The zero-order valence-electron chi connectivity index (χ0n) is 9.19. The average Bonchev–Trinajstić information content (AvgIpc) is 2.16. The first-order valence-electron chi connectivity index (χ1n) is 5.17. The molecule has 0 spiro atoms. The second kappa shape index (κ2) is 5.66. The highest BCUT2D eigenvalue weighted by Crippen LogP contribution is 2.19. The van der Waals surface area contributed by atoms with E-state index in [9.17, 15) is 0 Å². The Hall–Kier alpha value is -0.580. The normalized spacial score (nSPS) is 20.4. The van der Waals surface area contributed by atoms with Crippen LogP contribution in [0.4, 0.5) is 5.82 Å². The molecule has 2 rings (SSSR count). The van der Waals surface area contributed by atoms with E-state index in [-0.39, 0.29) is 18.4 Å². The van der Waals surface area contributed by atoms with Crippen LogP contribution in [0.15, 0.2) is 6.07 Å². The van der Waals surface area contributed by atoms with Crippen LogP contribution in [-0.2, 0) is 0 Å². The molecule has 0 amide bonds. The van der Waals surface area contributed by atoms with Crippen LogP contribution >= 0.6 is 24.0 Å². The Morgan fingerprint density at radius 2 is 2.25 bits per heavy atom. The first-order chi connectivity index (χ1) is 7.15. The third-order valence-corrected chi connectivity index (χ3v) is 2.76. The number of nitrogens with zero attached hydrogens (tertiary/aromatic N) is 3. The van der Waals surface area contributed by atoms with E-state index in [2.05, 4.69) is 14.9 Å². The van der Waals surface area contributed by atoms with Crippen molar-refractivity contribution in [3.63, 3.8) is 0 Å². The molecule has 0 aromatic carbocycles. The van der Waals surface area contributed by atoms with E-state index in [1.165, 1.54) is 0 Å². The molecule has 90 valence electrons. The maximum Gasteiger partial charge on any atom is 0.224 e. The van der Waals surface area contributed by atoms with Crippen molar-refractivity contribution in [3.8, 4) is 0 Å². The molecule has 1 aromatic rings. The van der Waals surface area contributed by atoms with Crippen molar-refractivity contribution in [2.75, 3.05) is 18.0 Å². The van der Waals surface area contributed by atoms with Gasteiger partial charge in [0.05, 0.1) is 0 Å². The van der Waals surface area contributed by atoms with Crippen LogP contribution < -0.4 is 10.6 Å². The monoisotopic (exact) mass is 262 g/mol. The van der Waals surface area contributed by atoms with Gasteiger partial charge in [-0.1, -0.05) is 0 Å². The summed E-state index contributed by atoms with van der Waals surface area (Å²) < 4.78 is 0. The van der Waals surface area contributed by atoms with Crippen LogP contribution in [0.3, 0.4) is 0 Å². The lowest BCUT2D eigenvalue weighted by atomic mass is 10.1. The standard InChI is InChI=1S/C10H15ClN4.ClH/c1-7-5-9(14-10(11)13-7)15-4-2-3-8(12)6-15;/h5,8H,2-4,6,12H2,1H3;1H. The fourth-order valence-corrected chi connectivity index (χ4v) is 2.12. The summed E-state index contributed by atoms with van der Waals surface area (Å²) in [6, 6.07) is 2.19. The number of halogens is 2. The lowest BCUT2D eigenvalue weighted by Gasteiger charge is -2.31. The summed E-state index contributed by atoms with van der Waals surface area (Å²) in [5, 5.41) is 0.309. The summed E-state index contributed by atoms with van der Waals surface area (Å²) >= 11 is 5.83. The lowest BCUT2D eigenvalue weighted by Crippen LogP contribution is -2.43. The highest BCUT2D eigenvalue weighted by molar-refractivity contribution is 6.28. The van der Waals surface area contributed by atoms with E-state index in [1.54, 1.807) is 0 Å². The molecule has 0 bridgehead atoms. The van der Waals surface area contributed by atoms with E-state index in [4.69, 9.17) is 17.3 Å². The van der Waals surface area contributed by atoms with Crippen molar-refractivity contribution in [2.24, 2.45) is 5.73 Å². The van der Waals surface area contributed by atoms with Gasteiger partial charge in [-0.15, -0.1) is 12.4 Å². The molecule has 0 radical (unpaired) electrons. The Balaban J connectivity index is 0.00000128. The minimum atomic E-state index is 0. The molecule has 0 aliphatic carbocycles. The molecular weight excluding hydrogens is 247 g/mol. The first-order valence-corrected chi connectivity index (χ1v) is 5.54. The zero-order valence-corrected chi connectivity index (χ0v) is 10.8. The highest BCUT2D eigenvalue weighted by atomic mass is 35.5. The van der Waals surface area contributed by atoms with Gasteiger partial charge < -0.3 is 10.6 Å². The highest BCUT2D eigenvalue weighted by Gasteiger charge is 2.18. The number of aromatic nitrogens is 2. The van der Waals surface area contributed by atoms with E-state index in [0.717, 1.165) is 37.4 Å². The van der Waals surface area contributed by atoms with Gasteiger partial charge in [0.1, 0.15) is 5.82 Å². The quantitative estimate of drug-likeness (QED) is 0.785. The number of hydrogen-bond donors (Lipinski definition) is 1. The Morgan fingerprint density at radius 3 is 2.88 bits per heavy atom. The number of hydrogen-bond acceptors (Lipinski definition) is 4. The molecule has 1 aliphatic rings. The molecule has 1 aliphatic heterocycles. The molecule has 2 heterocycles. The second-order valence-electron chi connectivity index (χ2n) is 3.98. The number of aryl methyl sites for hydroxylation is 1. The summed E-state index contributed by atoms with van der Waals surface area (Å²) in [4.78, 5) is 10.4. The second-order valence-corrected chi connectivity index (χ2v) is 4.32. The van der Waals surface area contributed by atoms with Crippen molar-refractivity contribution >= 4 is 29.8 Å². The fraction of sp³-hybridized carbons (Fsp3) is 0.600. The van der Waals surface area contributed by atoms with Crippen molar-refractivity contribution in [2.45, 2.75) is 25.8 Å². The van der Waals surface area contributed by atoms with Gasteiger partial charge >= 0.3 is 0 Å². The molecular formula is C10H16Cl2N4. The lowest BCUT2D eigenvalue weighted by molar-refractivity contribution is 0.503. The minimum absolute atomic E-state index is 0. The van der Waals surface area contributed by atoms with Crippen LogP contribution in [-0.4, -0.2) is 29.1 Å². The Bertz CT molecular complexity index is 338. The van der Waals surface area contributed by atoms with Crippen molar-refractivity contribution in [1.82, 2.24) is 9.97 Å². The van der Waals surface area contributed by atoms with Crippen molar-refractivity contribution < 1.29 is 0 Å². The van der Waals surface area contributed by atoms with E-state index in [0.29, 0.717) is 5.28 Å². The van der Waals surface area contributed by atoms with Crippen LogP contribution in [0, 0.1) is 6.92 Å². The van der Waals surface area contributed by atoms with Gasteiger partial charge in [-0.2, -0.15) is 0 Å². The Kier molecular flexibility index (Phi) is 4.77. The number of anilines is 1. The minimum Gasteiger partial charge on any atom is -0.355 e. The topological polar surface area (TPSA) is 55.0 Å². The van der Waals surface area contributed by atoms with E-state index in [1.807, 2.05) is 13.0 Å². The van der Waals surface area contributed by atoms with E-state index < -0.39 is 0 Å². The smallest absolute Gasteiger partial charge is 0.224 e. The SMILES string of the molecule is Cc1cc(N2CCCC(N)C2)nc(Cl)n1.Cl. The Labute approximate surface area is 107 Å². The molecule has 16 heavy (non-hydrogen) atoms. The molecule has 1 atom stereocenters. The summed E-state index contributed by atoms with van der Waals surface area (Å²) in [7, 11) is 0. The van der Waals surface area contributed by atoms with Crippen LogP contribution in [0.1, 0.15) is 18.5 Å². The predicted molar refractivity (Wildman–Crippen MR) is 68.4 cm³/mol. The van der Waals surface area contributed by atoms with Crippen molar-refractivity contribution in [1.29, 1.82) is 0 Å². The molecule has 6 heteroatoms. The largest absolute Gasteiger partial charge is 0.355 e. The summed E-state index contributed by atoms with van der Waals surface area (Å²) in [6.45, 7) is 3.77. The molecule has 1 saturated heterocycles. The number of piperidine rings is 1. The third-order valence-electron chi connectivity index (χ3n) is 2.60. The predicted octanol–water partition coefficient (Wildman–Crippen LogP) is 1.79. The molecule has 2 N–H and O–H groups in total.